The minimum Gasteiger partial charge on any atom is -0.497 e. The van der Waals surface area contributed by atoms with Crippen molar-refractivity contribution < 1.29 is 4.74 Å². The molecule has 178 valence electrons. The number of ether oxygens (including phenoxy) is 1. The Labute approximate surface area is 209 Å². The molecule has 0 unspecified atom stereocenters. The van der Waals surface area contributed by atoms with Crippen molar-refractivity contribution >= 4 is 11.3 Å². The molecule has 36 heavy (non-hydrogen) atoms. The predicted molar refractivity (Wildman–Crippen MR) is 141 cm³/mol. The van der Waals surface area contributed by atoms with E-state index >= 15 is 0 Å². The highest BCUT2D eigenvalue weighted by Gasteiger charge is 2.37. The van der Waals surface area contributed by atoms with Crippen LogP contribution in [0.15, 0.2) is 85.3 Å². The SMILES string of the molecule is COc1cccc(-c2c(-c3ccncc3)nn3c(-c4ccc(N5C[C@@H]6C[C@H]5CN6)cc4)ccnc23)c1. The molecule has 3 aromatic heterocycles. The van der Waals surface area contributed by atoms with Crippen molar-refractivity contribution in [1.82, 2.24) is 24.9 Å². The number of nitrogens with zero attached hydrogens (tertiary/aromatic N) is 5. The summed E-state index contributed by atoms with van der Waals surface area (Å²) in [7, 11) is 1.68. The van der Waals surface area contributed by atoms with E-state index in [4.69, 9.17) is 14.8 Å². The number of hydrogen-bond acceptors (Lipinski definition) is 6. The van der Waals surface area contributed by atoms with Crippen molar-refractivity contribution in [3.63, 3.8) is 0 Å². The van der Waals surface area contributed by atoms with Gasteiger partial charge in [-0.05, 0) is 54.4 Å². The first-order valence-corrected chi connectivity index (χ1v) is 12.3. The van der Waals surface area contributed by atoms with Crippen LogP contribution in [0.2, 0.25) is 0 Å². The smallest absolute Gasteiger partial charge is 0.164 e. The van der Waals surface area contributed by atoms with Crippen LogP contribution in [0, 0.1) is 0 Å². The highest BCUT2D eigenvalue weighted by Crippen LogP contribution is 2.37. The topological polar surface area (TPSA) is 67.6 Å². The van der Waals surface area contributed by atoms with Crippen LogP contribution in [-0.4, -0.2) is 51.9 Å². The molecule has 2 atom stereocenters. The van der Waals surface area contributed by atoms with E-state index in [9.17, 15) is 0 Å². The van der Waals surface area contributed by atoms with Gasteiger partial charge in [-0.1, -0.05) is 24.3 Å². The Kier molecular flexibility index (Phi) is 4.96. The van der Waals surface area contributed by atoms with Gasteiger partial charge in [0, 0.05) is 60.6 Å². The summed E-state index contributed by atoms with van der Waals surface area (Å²) in [6.07, 6.45) is 6.70. The molecule has 5 heterocycles. The first-order valence-electron chi connectivity index (χ1n) is 12.3. The molecule has 1 N–H and O–H groups in total. The number of hydrogen-bond donors (Lipinski definition) is 1. The third-order valence-electron chi connectivity index (χ3n) is 7.38. The molecule has 0 spiro atoms. The first kappa shape index (κ1) is 21.1. The predicted octanol–water partition coefficient (Wildman–Crippen LogP) is 4.68. The quantitative estimate of drug-likeness (QED) is 0.399. The Morgan fingerprint density at radius 3 is 2.53 bits per heavy atom. The van der Waals surface area contributed by atoms with Crippen molar-refractivity contribution in [2.75, 3.05) is 25.1 Å². The fourth-order valence-electron chi connectivity index (χ4n) is 5.62. The number of aromatic nitrogens is 4. The van der Waals surface area contributed by atoms with Gasteiger partial charge in [0.25, 0.3) is 0 Å². The summed E-state index contributed by atoms with van der Waals surface area (Å²) >= 11 is 0. The van der Waals surface area contributed by atoms with Crippen LogP contribution in [0.3, 0.4) is 0 Å². The van der Waals surface area contributed by atoms with E-state index in [1.54, 1.807) is 19.5 Å². The number of rotatable bonds is 5. The van der Waals surface area contributed by atoms with Crippen molar-refractivity contribution in [2.45, 2.75) is 18.5 Å². The van der Waals surface area contributed by atoms with E-state index < -0.39 is 0 Å². The van der Waals surface area contributed by atoms with Crippen LogP contribution in [0.25, 0.3) is 39.3 Å². The minimum absolute atomic E-state index is 0.605. The van der Waals surface area contributed by atoms with E-state index in [0.29, 0.717) is 12.1 Å². The number of piperazine rings is 1. The number of pyridine rings is 1. The summed E-state index contributed by atoms with van der Waals surface area (Å²) in [6, 6.07) is 24.1. The highest BCUT2D eigenvalue weighted by atomic mass is 16.5. The van der Waals surface area contributed by atoms with Crippen LogP contribution in [0.4, 0.5) is 5.69 Å². The average molecular weight is 475 g/mol. The van der Waals surface area contributed by atoms with Gasteiger partial charge in [0.05, 0.1) is 18.4 Å². The molecule has 7 heteroatoms. The maximum absolute atomic E-state index is 5.51. The highest BCUT2D eigenvalue weighted by molar-refractivity contribution is 5.91. The van der Waals surface area contributed by atoms with Gasteiger partial charge < -0.3 is 15.0 Å². The average Bonchev–Trinajstić information content (AvgIpc) is 3.68. The molecule has 0 saturated carbocycles. The number of methoxy groups -OCH3 is 1. The molecular weight excluding hydrogens is 448 g/mol. The zero-order valence-electron chi connectivity index (χ0n) is 20.0. The maximum Gasteiger partial charge on any atom is 0.164 e. The number of fused-ring (bicyclic) bond motifs is 3. The maximum atomic E-state index is 5.51. The molecule has 2 aliphatic heterocycles. The standard InChI is InChI=1S/C29H26N6O/c1-36-25-4-2-3-21(15-25)27-28(20-9-12-30-13-10-20)33-35-26(11-14-31-29(27)35)19-5-7-23(8-6-19)34-18-22-16-24(34)17-32-22/h2-15,22,24,32H,16-18H2,1H3/t22-,24-/m0/s1. The van der Waals surface area contributed by atoms with Gasteiger partial charge in [-0.25, -0.2) is 9.50 Å². The van der Waals surface area contributed by atoms with Gasteiger partial charge in [-0.3, -0.25) is 4.98 Å². The lowest BCUT2D eigenvalue weighted by atomic mass is 10.0. The van der Waals surface area contributed by atoms with Gasteiger partial charge in [0.15, 0.2) is 5.65 Å². The monoisotopic (exact) mass is 474 g/mol. The second kappa shape index (κ2) is 8.46. The first-order chi connectivity index (χ1) is 17.8. The molecule has 2 fully saturated rings. The van der Waals surface area contributed by atoms with Crippen molar-refractivity contribution in [2.24, 2.45) is 0 Å². The minimum atomic E-state index is 0.605. The van der Waals surface area contributed by atoms with Crippen LogP contribution < -0.4 is 15.0 Å². The molecule has 0 amide bonds. The zero-order chi connectivity index (χ0) is 24.1. The van der Waals surface area contributed by atoms with Gasteiger partial charge in [0.1, 0.15) is 11.4 Å². The molecule has 5 aromatic rings. The third-order valence-corrected chi connectivity index (χ3v) is 7.38. The van der Waals surface area contributed by atoms with Gasteiger partial charge in [0.2, 0.25) is 0 Å². The summed E-state index contributed by atoms with van der Waals surface area (Å²) in [4.78, 5) is 11.5. The summed E-state index contributed by atoms with van der Waals surface area (Å²) in [6.45, 7) is 2.16. The lowest BCUT2D eigenvalue weighted by Gasteiger charge is -2.29. The third kappa shape index (κ3) is 3.43. The van der Waals surface area contributed by atoms with Crippen LogP contribution in [-0.2, 0) is 0 Å². The van der Waals surface area contributed by atoms with Crippen molar-refractivity contribution in [3.8, 4) is 39.4 Å². The molecule has 7 rings (SSSR count). The van der Waals surface area contributed by atoms with Crippen LogP contribution in [0.5, 0.6) is 5.75 Å². The van der Waals surface area contributed by atoms with E-state index in [0.717, 1.165) is 58.1 Å². The second-order valence-electron chi connectivity index (χ2n) is 9.45. The molecular formula is C29H26N6O. The van der Waals surface area contributed by atoms with Crippen LogP contribution in [0.1, 0.15) is 6.42 Å². The molecule has 2 bridgehead atoms. The molecule has 0 radical (unpaired) electrons. The Morgan fingerprint density at radius 1 is 0.917 bits per heavy atom. The summed E-state index contributed by atoms with van der Waals surface area (Å²) in [5.74, 6) is 0.796. The van der Waals surface area contributed by atoms with E-state index in [1.165, 1.54) is 12.1 Å². The Morgan fingerprint density at radius 2 is 1.78 bits per heavy atom. The fourth-order valence-corrected chi connectivity index (χ4v) is 5.62. The normalized spacial score (nSPS) is 18.8. The van der Waals surface area contributed by atoms with Crippen molar-refractivity contribution in [1.29, 1.82) is 0 Å². The zero-order valence-corrected chi connectivity index (χ0v) is 20.0. The van der Waals surface area contributed by atoms with Crippen molar-refractivity contribution in [3.05, 3.63) is 85.3 Å². The van der Waals surface area contributed by atoms with E-state index in [-0.39, 0.29) is 0 Å². The Bertz CT molecular complexity index is 1550. The lowest BCUT2D eigenvalue weighted by Crippen LogP contribution is -2.43. The Hall–Kier alpha value is -4.23. The molecule has 0 aliphatic carbocycles. The second-order valence-corrected chi connectivity index (χ2v) is 9.45. The van der Waals surface area contributed by atoms with E-state index in [2.05, 4.69) is 45.5 Å². The van der Waals surface area contributed by atoms with Gasteiger partial charge >= 0.3 is 0 Å². The number of anilines is 1. The number of benzene rings is 2. The summed E-state index contributed by atoms with van der Waals surface area (Å²) in [5, 5.41) is 8.67. The molecule has 2 saturated heterocycles. The molecule has 2 aliphatic rings. The number of nitrogens with one attached hydrogen (secondary N) is 1. The summed E-state index contributed by atoms with van der Waals surface area (Å²) < 4.78 is 7.47. The van der Waals surface area contributed by atoms with E-state index in [1.807, 2.05) is 47.1 Å². The Balaban J connectivity index is 1.36. The molecule has 2 aromatic carbocycles. The fraction of sp³-hybridized carbons (Fsp3) is 0.207. The van der Waals surface area contributed by atoms with Gasteiger partial charge in [-0.2, -0.15) is 5.10 Å². The summed E-state index contributed by atoms with van der Waals surface area (Å²) in [5.41, 5.74) is 8.03. The molecule has 7 nitrogen and oxygen atoms in total. The lowest BCUT2D eigenvalue weighted by molar-refractivity contribution is 0.415. The van der Waals surface area contributed by atoms with Gasteiger partial charge in [-0.15, -0.1) is 0 Å². The van der Waals surface area contributed by atoms with Crippen LogP contribution >= 0.6 is 0 Å². The largest absolute Gasteiger partial charge is 0.497 e.